The molecule has 1 aliphatic rings. The number of anilines is 1. The number of primary amides is 1. The van der Waals surface area contributed by atoms with Crippen molar-refractivity contribution in [3.05, 3.63) is 52.3 Å². The second-order valence-corrected chi connectivity index (χ2v) is 10.3. The van der Waals surface area contributed by atoms with Crippen LogP contribution in [-0.4, -0.2) is 26.9 Å². The number of amides is 2. The summed E-state index contributed by atoms with van der Waals surface area (Å²) in [5.74, 6) is -1.04. The van der Waals surface area contributed by atoms with Crippen LogP contribution in [0.2, 0.25) is 0 Å². The molecule has 1 aromatic carbocycles. The van der Waals surface area contributed by atoms with E-state index in [9.17, 15) is 27.9 Å². The zero-order valence-corrected chi connectivity index (χ0v) is 20.0. The van der Waals surface area contributed by atoms with Crippen LogP contribution < -0.4 is 11.1 Å². The van der Waals surface area contributed by atoms with Gasteiger partial charge in [0.25, 0.3) is 5.91 Å². The maximum atomic E-state index is 13.0. The van der Waals surface area contributed by atoms with E-state index in [1.54, 1.807) is 26.0 Å². The van der Waals surface area contributed by atoms with Gasteiger partial charge >= 0.3 is 6.18 Å². The summed E-state index contributed by atoms with van der Waals surface area (Å²) in [6.45, 7) is 3.09. The maximum absolute atomic E-state index is 13.0. The molecule has 2 aromatic heterocycles. The van der Waals surface area contributed by atoms with Crippen molar-refractivity contribution in [1.82, 2.24) is 9.97 Å². The molecule has 0 unspecified atom stereocenters. The summed E-state index contributed by atoms with van der Waals surface area (Å²) in [5, 5.41) is 14.2. The summed E-state index contributed by atoms with van der Waals surface area (Å²) in [5.41, 5.74) is 3.80. The fourth-order valence-corrected chi connectivity index (χ4v) is 5.46. The molecule has 35 heavy (non-hydrogen) atoms. The molecule has 4 rings (SSSR count). The van der Waals surface area contributed by atoms with E-state index in [1.165, 1.54) is 17.4 Å². The lowest BCUT2D eigenvalue weighted by atomic mass is 9.82. The predicted molar refractivity (Wildman–Crippen MR) is 126 cm³/mol. The van der Waals surface area contributed by atoms with E-state index in [0.29, 0.717) is 23.9 Å². The van der Waals surface area contributed by atoms with Crippen LogP contribution >= 0.6 is 11.3 Å². The average Bonchev–Trinajstić information content (AvgIpc) is 3.20. The summed E-state index contributed by atoms with van der Waals surface area (Å²) in [7, 11) is 0. The molecule has 1 saturated carbocycles. The second kappa shape index (κ2) is 9.19. The monoisotopic (exact) mass is 506 g/mol. The van der Waals surface area contributed by atoms with Gasteiger partial charge < -0.3 is 16.2 Å². The van der Waals surface area contributed by atoms with E-state index in [4.69, 9.17) is 10.7 Å². The van der Waals surface area contributed by atoms with Crippen molar-refractivity contribution in [2.45, 2.75) is 57.2 Å². The number of aliphatic hydroxyl groups is 1. The van der Waals surface area contributed by atoms with Crippen LogP contribution in [0.4, 0.5) is 18.9 Å². The molecule has 1 aliphatic carbocycles. The number of nitrogens with one attached hydrogen (secondary N) is 1. The summed E-state index contributed by atoms with van der Waals surface area (Å²) in [6.07, 6.45) is -1.69. The predicted octanol–water partition coefficient (Wildman–Crippen LogP) is 4.95. The first-order valence-corrected chi connectivity index (χ1v) is 12.0. The third-order valence-corrected chi connectivity index (χ3v) is 7.38. The van der Waals surface area contributed by atoms with E-state index >= 15 is 0 Å². The Morgan fingerprint density at radius 1 is 1.11 bits per heavy atom. The molecule has 0 aliphatic heterocycles. The van der Waals surface area contributed by atoms with Gasteiger partial charge in [-0.3, -0.25) is 9.59 Å². The van der Waals surface area contributed by atoms with Crippen molar-refractivity contribution < 1.29 is 27.9 Å². The second-order valence-electron chi connectivity index (χ2n) is 9.29. The molecule has 2 amide bonds. The molecule has 7 nitrogen and oxygen atoms in total. The van der Waals surface area contributed by atoms with Gasteiger partial charge in [-0.15, -0.1) is 11.3 Å². The molecule has 186 valence electrons. The summed E-state index contributed by atoms with van der Waals surface area (Å²) in [4.78, 5) is 32.4. The number of benzene rings is 1. The number of halogens is 3. The minimum absolute atomic E-state index is 0.117. The number of alkyl halides is 3. The van der Waals surface area contributed by atoms with Gasteiger partial charge in [-0.05, 0) is 63.8 Å². The highest BCUT2D eigenvalue weighted by molar-refractivity contribution is 7.18. The molecule has 0 atom stereocenters. The van der Waals surface area contributed by atoms with Crippen molar-refractivity contribution in [2.24, 2.45) is 11.7 Å². The van der Waals surface area contributed by atoms with E-state index < -0.39 is 29.1 Å². The van der Waals surface area contributed by atoms with Gasteiger partial charge in [-0.1, -0.05) is 6.07 Å². The first kappa shape index (κ1) is 25.1. The molecular weight excluding hydrogens is 481 g/mol. The van der Waals surface area contributed by atoms with E-state index in [0.717, 1.165) is 34.7 Å². The molecule has 0 saturated heterocycles. The Bertz CT molecular complexity index is 1280. The van der Waals surface area contributed by atoms with Crippen LogP contribution in [-0.2, 0) is 16.6 Å². The van der Waals surface area contributed by atoms with Crippen molar-refractivity contribution in [1.29, 1.82) is 0 Å². The van der Waals surface area contributed by atoms with E-state index in [2.05, 4.69) is 10.3 Å². The van der Waals surface area contributed by atoms with Crippen LogP contribution in [0.3, 0.4) is 0 Å². The van der Waals surface area contributed by atoms with Gasteiger partial charge in [0.15, 0.2) is 0 Å². The molecule has 2 heterocycles. The molecule has 0 radical (unpaired) electrons. The van der Waals surface area contributed by atoms with E-state index in [-0.39, 0.29) is 23.4 Å². The number of nitrogens with zero attached hydrogens (tertiary/aromatic N) is 2. The van der Waals surface area contributed by atoms with Crippen LogP contribution in [0, 0.1) is 5.92 Å². The minimum Gasteiger partial charge on any atom is -0.386 e. The van der Waals surface area contributed by atoms with Gasteiger partial charge in [0.2, 0.25) is 5.91 Å². The van der Waals surface area contributed by atoms with Gasteiger partial charge in [0.05, 0.1) is 20.8 Å². The van der Waals surface area contributed by atoms with Crippen molar-refractivity contribution in [2.75, 3.05) is 5.32 Å². The van der Waals surface area contributed by atoms with Crippen molar-refractivity contribution in [3.8, 4) is 0 Å². The average molecular weight is 507 g/mol. The highest BCUT2D eigenvalue weighted by Crippen LogP contribution is 2.41. The van der Waals surface area contributed by atoms with Crippen molar-refractivity contribution in [3.63, 3.8) is 0 Å². The smallest absolute Gasteiger partial charge is 0.386 e. The molecule has 0 spiro atoms. The number of rotatable bonds is 5. The first-order valence-electron chi connectivity index (χ1n) is 11.1. The lowest BCUT2D eigenvalue weighted by Crippen LogP contribution is -2.27. The Hall–Kier alpha value is -3.05. The minimum atomic E-state index is -4.68. The topological polar surface area (TPSA) is 118 Å². The zero-order valence-electron chi connectivity index (χ0n) is 19.1. The third kappa shape index (κ3) is 5.46. The Morgan fingerprint density at radius 2 is 1.80 bits per heavy atom. The standard InChI is InChI=1S/C24H25F3N4O3S/c1-23(2,34)14-10-17-18(35-22(31-17)13-8-6-12(7-9-13)20(28)32)11-16(14)30-21(33)15-4-3-5-19(29-15)24(25,26)27/h3-5,10-13,34H,6-9H2,1-2H3,(H2,28,32)(H,30,33). The fourth-order valence-electron chi connectivity index (χ4n) is 4.31. The molecule has 3 aromatic rings. The number of nitrogens with two attached hydrogens (primary N) is 1. The lowest BCUT2D eigenvalue weighted by Gasteiger charge is -2.24. The maximum Gasteiger partial charge on any atom is 0.433 e. The van der Waals surface area contributed by atoms with Gasteiger partial charge in [0.1, 0.15) is 11.4 Å². The van der Waals surface area contributed by atoms with Crippen molar-refractivity contribution >= 4 is 39.1 Å². The number of hydrogen-bond acceptors (Lipinski definition) is 6. The highest BCUT2D eigenvalue weighted by atomic mass is 32.1. The van der Waals surface area contributed by atoms with Gasteiger partial charge in [-0.25, -0.2) is 9.97 Å². The summed E-state index contributed by atoms with van der Waals surface area (Å²) in [6, 6.07) is 6.46. The summed E-state index contributed by atoms with van der Waals surface area (Å²) >= 11 is 1.45. The van der Waals surface area contributed by atoms with Crippen LogP contribution in [0.25, 0.3) is 10.2 Å². The number of hydrogen-bond donors (Lipinski definition) is 3. The quantitative estimate of drug-likeness (QED) is 0.453. The third-order valence-electron chi connectivity index (χ3n) is 6.20. The van der Waals surface area contributed by atoms with Crippen LogP contribution in [0.5, 0.6) is 0 Å². The number of aromatic nitrogens is 2. The number of pyridine rings is 1. The number of thiazole rings is 1. The lowest BCUT2D eigenvalue weighted by molar-refractivity contribution is -0.141. The zero-order chi connectivity index (χ0) is 25.5. The Balaban J connectivity index is 1.65. The highest BCUT2D eigenvalue weighted by Gasteiger charge is 2.33. The molecule has 11 heteroatoms. The normalized spacial score (nSPS) is 19.0. The Kier molecular flexibility index (Phi) is 6.58. The Labute approximate surface area is 203 Å². The first-order chi connectivity index (χ1) is 16.3. The van der Waals surface area contributed by atoms with Crippen LogP contribution in [0.1, 0.15) is 72.2 Å². The largest absolute Gasteiger partial charge is 0.433 e. The SMILES string of the molecule is CC(C)(O)c1cc2nc(C3CCC(C(N)=O)CC3)sc2cc1NC(=O)c1cccc(C(F)(F)F)n1. The number of carbonyl (C=O) groups excluding carboxylic acids is 2. The molecule has 1 fully saturated rings. The van der Waals surface area contributed by atoms with Gasteiger partial charge in [0, 0.05) is 23.1 Å². The van der Waals surface area contributed by atoms with Gasteiger partial charge in [-0.2, -0.15) is 13.2 Å². The molecule has 0 bridgehead atoms. The fraction of sp³-hybridized carbons (Fsp3) is 0.417. The number of fused-ring (bicyclic) bond motifs is 1. The molecular formula is C24H25F3N4O3S. The molecule has 4 N–H and O–H groups in total. The Morgan fingerprint density at radius 3 is 2.40 bits per heavy atom. The summed E-state index contributed by atoms with van der Waals surface area (Å²) < 4.78 is 39.8. The van der Waals surface area contributed by atoms with Crippen LogP contribution in [0.15, 0.2) is 30.3 Å². The van der Waals surface area contributed by atoms with E-state index in [1.807, 2.05) is 0 Å². The number of carbonyl (C=O) groups is 2.